The number of hydrogen-bond acceptors (Lipinski definition) is 2. The molecule has 1 amide bonds. The predicted octanol–water partition coefficient (Wildman–Crippen LogP) is 2.85. The number of hydrogen-bond donors (Lipinski definition) is 0. The Morgan fingerprint density at radius 3 is 2.67 bits per heavy atom. The Balaban J connectivity index is 2.08. The van der Waals surface area contributed by atoms with E-state index in [1.165, 1.54) is 12.1 Å². The molecule has 0 aliphatic carbocycles. The Morgan fingerprint density at radius 1 is 1.44 bits per heavy atom. The smallest absolute Gasteiger partial charge is 0.253 e. The third-order valence-corrected chi connectivity index (χ3v) is 3.44. The highest BCUT2D eigenvalue weighted by Crippen LogP contribution is 2.20. The van der Waals surface area contributed by atoms with Gasteiger partial charge >= 0.3 is 0 Å². The lowest BCUT2D eigenvalue weighted by Crippen LogP contribution is -2.38. The number of rotatable bonds is 1. The summed E-state index contributed by atoms with van der Waals surface area (Å²) in [5.41, 5.74) is 0.298. The Bertz CT molecular complexity index is 504. The zero-order valence-electron chi connectivity index (χ0n) is 9.70. The molecule has 0 aromatic heterocycles. The molecule has 0 bridgehead atoms. The minimum Gasteiger partial charge on any atom is -0.339 e. The van der Waals surface area contributed by atoms with Crippen LogP contribution in [0, 0.1) is 23.1 Å². The van der Waals surface area contributed by atoms with Crippen molar-refractivity contribution in [2.75, 3.05) is 13.1 Å². The summed E-state index contributed by atoms with van der Waals surface area (Å²) in [5.74, 6) is -0.771. The molecule has 0 unspecified atom stereocenters. The fraction of sp³-hybridized carbons (Fsp3) is 0.385. The van der Waals surface area contributed by atoms with Gasteiger partial charge in [-0.15, -0.1) is 0 Å². The first-order valence-corrected chi connectivity index (χ1v) is 6.13. The van der Waals surface area contributed by atoms with Crippen LogP contribution in [0.5, 0.6) is 0 Å². The molecule has 1 saturated heterocycles. The largest absolute Gasteiger partial charge is 0.339 e. The van der Waals surface area contributed by atoms with E-state index in [0.29, 0.717) is 31.5 Å². The lowest BCUT2D eigenvalue weighted by atomic mass is 9.98. The molecule has 5 heteroatoms. The van der Waals surface area contributed by atoms with Crippen molar-refractivity contribution in [1.82, 2.24) is 4.90 Å². The van der Waals surface area contributed by atoms with E-state index in [0.717, 1.165) is 6.07 Å². The summed E-state index contributed by atoms with van der Waals surface area (Å²) < 4.78 is 13.3. The maximum absolute atomic E-state index is 13.3. The third kappa shape index (κ3) is 2.62. The molecule has 1 aromatic rings. The second-order valence-corrected chi connectivity index (χ2v) is 4.73. The van der Waals surface area contributed by atoms with E-state index >= 15 is 0 Å². The van der Waals surface area contributed by atoms with Crippen LogP contribution in [0.4, 0.5) is 4.39 Å². The minimum atomic E-state index is -0.588. The van der Waals surface area contributed by atoms with E-state index in [9.17, 15) is 9.18 Å². The molecular weight excluding hydrogens is 255 g/mol. The van der Waals surface area contributed by atoms with Crippen LogP contribution in [0.1, 0.15) is 23.2 Å². The first kappa shape index (κ1) is 12.8. The molecule has 1 aliphatic heterocycles. The zero-order valence-corrected chi connectivity index (χ0v) is 10.5. The number of piperidine rings is 1. The number of carbonyl (C=O) groups excluding carboxylic acids is 1. The van der Waals surface area contributed by atoms with Gasteiger partial charge < -0.3 is 4.90 Å². The number of likely N-dealkylation sites (tertiary alicyclic amines) is 1. The van der Waals surface area contributed by atoms with Gasteiger partial charge in [-0.3, -0.25) is 4.79 Å². The van der Waals surface area contributed by atoms with Crippen LogP contribution < -0.4 is 0 Å². The van der Waals surface area contributed by atoms with E-state index in [2.05, 4.69) is 6.07 Å². The van der Waals surface area contributed by atoms with Crippen molar-refractivity contribution in [1.29, 1.82) is 5.26 Å². The van der Waals surface area contributed by atoms with Crippen LogP contribution in [-0.2, 0) is 0 Å². The number of halogens is 2. The van der Waals surface area contributed by atoms with Crippen LogP contribution in [0.2, 0.25) is 5.02 Å². The Morgan fingerprint density at radius 2 is 2.11 bits per heavy atom. The van der Waals surface area contributed by atoms with Crippen molar-refractivity contribution in [3.63, 3.8) is 0 Å². The zero-order chi connectivity index (χ0) is 13.1. The SMILES string of the molecule is N#CC1CCN(C(=O)c2ccc(Cl)c(F)c2)CC1. The first-order chi connectivity index (χ1) is 8.61. The number of carbonyl (C=O) groups is 1. The monoisotopic (exact) mass is 266 g/mol. The normalized spacial score (nSPS) is 16.4. The van der Waals surface area contributed by atoms with Gasteiger partial charge in [-0.2, -0.15) is 5.26 Å². The second-order valence-electron chi connectivity index (χ2n) is 4.32. The van der Waals surface area contributed by atoms with Gasteiger partial charge in [0.05, 0.1) is 11.1 Å². The molecule has 0 atom stereocenters. The van der Waals surface area contributed by atoms with Crippen molar-refractivity contribution in [2.45, 2.75) is 12.8 Å². The average molecular weight is 267 g/mol. The molecule has 18 heavy (non-hydrogen) atoms. The average Bonchev–Trinajstić information content (AvgIpc) is 2.41. The Kier molecular flexibility index (Phi) is 3.83. The van der Waals surface area contributed by atoms with Gasteiger partial charge in [0.1, 0.15) is 5.82 Å². The molecule has 2 rings (SSSR count). The van der Waals surface area contributed by atoms with Gasteiger partial charge in [0.2, 0.25) is 0 Å². The van der Waals surface area contributed by atoms with Crippen LogP contribution in [0.25, 0.3) is 0 Å². The standard InChI is InChI=1S/C13H12ClFN2O/c14-11-2-1-10(7-12(11)15)13(18)17-5-3-9(8-16)4-6-17/h1-2,7,9H,3-6H2. The van der Waals surface area contributed by atoms with E-state index in [1.807, 2.05) is 0 Å². The molecule has 1 aromatic carbocycles. The van der Waals surface area contributed by atoms with Gasteiger partial charge in [0.15, 0.2) is 0 Å². The van der Waals surface area contributed by atoms with Gasteiger partial charge in [0.25, 0.3) is 5.91 Å². The van der Waals surface area contributed by atoms with Gasteiger partial charge in [0, 0.05) is 24.6 Å². The van der Waals surface area contributed by atoms with Crippen LogP contribution >= 0.6 is 11.6 Å². The van der Waals surface area contributed by atoms with Crippen molar-refractivity contribution in [2.24, 2.45) is 5.92 Å². The van der Waals surface area contributed by atoms with E-state index in [1.54, 1.807) is 4.90 Å². The molecule has 1 aliphatic rings. The van der Waals surface area contributed by atoms with E-state index in [-0.39, 0.29) is 16.8 Å². The molecule has 94 valence electrons. The fourth-order valence-corrected chi connectivity index (χ4v) is 2.14. The van der Waals surface area contributed by atoms with Gasteiger partial charge in [-0.05, 0) is 31.0 Å². The fourth-order valence-electron chi connectivity index (χ4n) is 2.02. The number of nitrogens with zero attached hydrogens (tertiary/aromatic N) is 2. The minimum absolute atomic E-state index is 0.00902. The summed E-state index contributed by atoms with van der Waals surface area (Å²) in [6.07, 6.45) is 1.36. The molecule has 0 spiro atoms. The summed E-state index contributed by atoms with van der Waals surface area (Å²) in [4.78, 5) is 13.7. The maximum atomic E-state index is 13.3. The highest BCUT2D eigenvalue weighted by atomic mass is 35.5. The van der Waals surface area contributed by atoms with Crippen LogP contribution in [-0.4, -0.2) is 23.9 Å². The van der Waals surface area contributed by atoms with Crippen LogP contribution in [0.3, 0.4) is 0 Å². The molecule has 1 heterocycles. The number of nitriles is 1. The van der Waals surface area contributed by atoms with Crippen molar-refractivity contribution >= 4 is 17.5 Å². The molecule has 0 N–H and O–H groups in total. The summed E-state index contributed by atoms with van der Waals surface area (Å²) in [7, 11) is 0. The molecule has 0 saturated carbocycles. The lowest BCUT2D eigenvalue weighted by molar-refractivity contribution is 0.0707. The summed E-state index contributed by atoms with van der Waals surface area (Å²) >= 11 is 5.57. The van der Waals surface area contributed by atoms with Crippen molar-refractivity contribution in [3.05, 3.63) is 34.6 Å². The van der Waals surface area contributed by atoms with Crippen molar-refractivity contribution in [3.8, 4) is 6.07 Å². The Labute approximate surface area is 110 Å². The van der Waals surface area contributed by atoms with Gasteiger partial charge in [-0.1, -0.05) is 11.6 Å². The summed E-state index contributed by atoms with van der Waals surface area (Å²) in [6, 6.07) is 6.26. The maximum Gasteiger partial charge on any atom is 0.253 e. The second kappa shape index (κ2) is 5.36. The highest BCUT2D eigenvalue weighted by Gasteiger charge is 2.23. The highest BCUT2D eigenvalue weighted by molar-refractivity contribution is 6.30. The van der Waals surface area contributed by atoms with E-state index in [4.69, 9.17) is 16.9 Å². The first-order valence-electron chi connectivity index (χ1n) is 5.75. The molecular formula is C13H12ClFN2O. The quantitative estimate of drug-likeness (QED) is 0.784. The predicted molar refractivity (Wildman–Crippen MR) is 65.7 cm³/mol. The Hall–Kier alpha value is -1.60. The summed E-state index contributed by atoms with van der Waals surface area (Å²) in [6.45, 7) is 1.09. The van der Waals surface area contributed by atoms with Gasteiger partial charge in [-0.25, -0.2) is 4.39 Å². The molecule has 3 nitrogen and oxygen atoms in total. The number of benzene rings is 1. The topological polar surface area (TPSA) is 44.1 Å². The number of amides is 1. The van der Waals surface area contributed by atoms with Crippen LogP contribution in [0.15, 0.2) is 18.2 Å². The van der Waals surface area contributed by atoms with Crippen molar-refractivity contribution < 1.29 is 9.18 Å². The third-order valence-electron chi connectivity index (χ3n) is 3.13. The van der Waals surface area contributed by atoms with E-state index < -0.39 is 5.82 Å². The molecule has 0 radical (unpaired) electrons. The lowest BCUT2D eigenvalue weighted by Gasteiger charge is -2.29. The summed E-state index contributed by atoms with van der Waals surface area (Å²) in [5, 5.41) is 8.79. The molecule has 1 fully saturated rings.